The van der Waals surface area contributed by atoms with Crippen LogP contribution in [0.2, 0.25) is 0 Å². The van der Waals surface area contributed by atoms with Crippen molar-refractivity contribution in [2.45, 2.75) is 25.8 Å². The number of rotatable bonds is 1. The highest BCUT2D eigenvalue weighted by molar-refractivity contribution is 5.73. The van der Waals surface area contributed by atoms with E-state index >= 15 is 0 Å². The molecule has 1 heterocycles. The summed E-state index contributed by atoms with van der Waals surface area (Å²) in [5.41, 5.74) is -0.105. The molecule has 3 heteroatoms. The van der Waals surface area contributed by atoms with Gasteiger partial charge in [0.25, 0.3) is 0 Å². The van der Waals surface area contributed by atoms with E-state index in [0.717, 1.165) is 13.0 Å². The van der Waals surface area contributed by atoms with Crippen molar-refractivity contribution >= 4 is 5.91 Å². The number of amides is 1. The van der Waals surface area contributed by atoms with Crippen LogP contribution in [0.15, 0.2) is 0 Å². The highest BCUT2D eigenvalue weighted by Gasteiger charge is 2.29. The lowest BCUT2D eigenvalue weighted by Gasteiger charge is -2.22. The Morgan fingerprint density at radius 2 is 2.40 bits per heavy atom. The summed E-state index contributed by atoms with van der Waals surface area (Å²) in [6.07, 6.45) is 0.923. The Hall–Kier alpha value is -0.570. The largest absolute Gasteiger partial charge is 0.379 e. The lowest BCUT2D eigenvalue weighted by molar-refractivity contribution is -0.120. The zero-order chi connectivity index (χ0) is 7.61. The van der Waals surface area contributed by atoms with Crippen LogP contribution in [-0.4, -0.2) is 24.7 Å². The molecule has 0 spiro atoms. The molecule has 0 aliphatic carbocycles. The SMILES string of the molecule is CC(=O)N[C@]1(C)CCOC1. The Morgan fingerprint density at radius 1 is 1.70 bits per heavy atom. The van der Waals surface area contributed by atoms with E-state index in [4.69, 9.17) is 4.74 Å². The van der Waals surface area contributed by atoms with E-state index in [1.807, 2.05) is 6.92 Å². The number of carbonyl (C=O) groups is 1. The van der Waals surface area contributed by atoms with Crippen LogP contribution in [0.4, 0.5) is 0 Å². The van der Waals surface area contributed by atoms with Crippen molar-refractivity contribution in [2.24, 2.45) is 0 Å². The zero-order valence-corrected chi connectivity index (χ0v) is 6.44. The van der Waals surface area contributed by atoms with E-state index in [1.54, 1.807) is 0 Å². The van der Waals surface area contributed by atoms with Crippen molar-refractivity contribution in [3.05, 3.63) is 0 Å². The Kier molecular flexibility index (Phi) is 1.94. The molecule has 1 rings (SSSR count). The van der Waals surface area contributed by atoms with Gasteiger partial charge in [0, 0.05) is 13.5 Å². The van der Waals surface area contributed by atoms with Gasteiger partial charge in [0.15, 0.2) is 0 Å². The summed E-state index contributed by atoms with van der Waals surface area (Å²) in [7, 11) is 0. The maximum absolute atomic E-state index is 10.6. The fourth-order valence-corrected chi connectivity index (χ4v) is 1.19. The van der Waals surface area contributed by atoms with Gasteiger partial charge in [0.2, 0.25) is 5.91 Å². The number of carbonyl (C=O) groups excluding carboxylic acids is 1. The first-order valence-corrected chi connectivity index (χ1v) is 3.49. The van der Waals surface area contributed by atoms with Gasteiger partial charge >= 0.3 is 0 Å². The molecule has 0 aromatic rings. The van der Waals surface area contributed by atoms with Crippen LogP contribution in [0.5, 0.6) is 0 Å². The van der Waals surface area contributed by atoms with Gasteiger partial charge in [0.05, 0.1) is 12.1 Å². The maximum atomic E-state index is 10.6. The average molecular weight is 143 g/mol. The Bertz CT molecular complexity index is 139. The summed E-state index contributed by atoms with van der Waals surface area (Å²) in [6, 6.07) is 0. The van der Waals surface area contributed by atoms with Gasteiger partial charge in [-0.1, -0.05) is 0 Å². The number of hydrogen-bond donors (Lipinski definition) is 1. The highest BCUT2D eigenvalue weighted by atomic mass is 16.5. The first kappa shape index (κ1) is 7.54. The third-order valence-electron chi connectivity index (χ3n) is 1.70. The van der Waals surface area contributed by atoms with Gasteiger partial charge in [-0.05, 0) is 13.3 Å². The first-order valence-electron chi connectivity index (χ1n) is 3.49. The molecule has 1 saturated heterocycles. The summed E-state index contributed by atoms with van der Waals surface area (Å²) in [4.78, 5) is 10.6. The van der Waals surface area contributed by atoms with Crippen LogP contribution in [0.1, 0.15) is 20.3 Å². The first-order chi connectivity index (χ1) is 4.62. The minimum absolute atomic E-state index is 0.0213. The van der Waals surface area contributed by atoms with Gasteiger partial charge in [0.1, 0.15) is 0 Å². The predicted molar refractivity (Wildman–Crippen MR) is 37.7 cm³/mol. The number of hydrogen-bond acceptors (Lipinski definition) is 2. The lowest BCUT2D eigenvalue weighted by atomic mass is 10.0. The molecule has 0 unspecified atom stereocenters. The molecular weight excluding hydrogens is 130 g/mol. The van der Waals surface area contributed by atoms with Crippen LogP contribution in [0.3, 0.4) is 0 Å². The molecule has 0 bridgehead atoms. The number of ether oxygens (including phenoxy) is 1. The van der Waals surface area contributed by atoms with E-state index < -0.39 is 0 Å². The van der Waals surface area contributed by atoms with Gasteiger partial charge in [-0.25, -0.2) is 0 Å². The van der Waals surface area contributed by atoms with E-state index in [2.05, 4.69) is 5.32 Å². The molecule has 3 nitrogen and oxygen atoms in total. The van der Waals surface area contributed by atoms with Crippen molar-refractivity contribution < 1.29 is 9.53 Å². The smallest absolute Gasteiger partial charge is 0.217 e. The molecule has 1 aliphatic rings. The van der Waals surface area contributed by atoms with Crippen LogP contribution in [-0.2, 0) is 9.53 Å². The topological polar surface area (TPSA) is 38.3 Å². The quantitative estimate of drug-likeness (QED) is 0.573. The van der Waals surface area contributed by atoms with Gasteiger partial charge < -0.3 is 10.1 Å². The molecule has 0 radical (unpaired) electrons. The van der Waals surface area contributed by atoms with Crippen LogP contribution in [0, 0.1) is 0 Å². The molecule has 1 atom stereocenters. The second-order valence-corrected chi connectivity index (χ2v) is 3.04. The molecule has 1 fully saturated rings. The van der Waals surface area contributed by atoms with Gasteiger partial charge in [-0.15, -0.1) is 0 Å². The summed E-state index contributed by atoms with van der Waals surface area (Å²) < 4.78 is 5.15. The third kappa shape index (κ3) is 1.70. The van der Waals surface area contributed by atoms with Crippen molar-refractivity contribution in [3.63, 3.8) is 0 Å². The molecule has 10 heavy (non-hydrogen) atoms. The second kappa shape index (κ2) is 2.58. The zero-order valence-electron chi connectivity index (χ0n) is 6.44. The molecule has 1 N–H and O–H groups in total. The fourth-order valence-electron chi connectivity index (χ4n) is 1.19. The minimum Gasteiger partial charge on any atom is -0.379 e. The maximum Gasteiger partial charge on any atom is 0.217 e. The molecule has 58 valence electrons. The molecule has 0 saturated carbocycles. The summed E-state index contributed by atoms with van der Waals surface area (Å²) >= 11 is 0. The minimum atomic E-state index is -0.105. The van der Waals surface area contributed by atoms with Crippen molar-refractivity contribution in [1.82, 2.24) is 5.32 Å². The Balaban J connectivity index is 2.43. The van der Waals surface area contributed by atoms with Gasteiger partial charge in [-0.2, -0.15) is 0 Å². The van der Waals surface area contributed by atoms with Crippen molar-refractivity contribution in [3.8, 4) is 0 Å². The average Bonchev–Trinajstić information content (AvgIpc) is 2.12. The highest BCUT2D eigenvalue weighted by Crippen LogP contribution is 2.16. The molecule has 1 aliphatic heterocycles. The summed E-state index contributed by atoms with van der Waals surface area (Å²) in [6.45, 7) is 4.94. The van der Waals surface area contributed by atoms with E-state index in [0.29, 0.717) is 6.61 Å². The lowest BCUT2D eigenvalue weighted by Crippen LogP contribution is -2.45. The monoisotopic (exact) mass is 143 g/mol. The van der Waals surface area contributed by atoms with Crippen LogP contribution < -0.4 is 5.32 Å². The third-order valence-corrected chi connectivity index (χ3v) is 1.70. The molecule has 0 aromatic heterocycles. The number of nitrogens with one attached hydrogen (secondary N) is 1. The standard InChI is InChI=1S/C7H13NO2/c1-6(9)8-7(2)3-4-10-5-7/h3-5H2,1-2H3,(H,8,9)/t7-/m1/s1. The summed E-state index contributed by atoms with van der Waals surface area (Å²) in [5.74, 6) is 0.0213. The Labute approximate surface area is 60.7 Å². The van der Waals surface area contributed by atoms with E-state index in [1.165, 1.54) is 6.92 Å². The van der Waals surface area contributed by atoms with E-state index in [-0.39, 0.29) is 11.4 Å². The Morgan fingerprint density at radius 3 is 2.80 bits per heavy atom. The molecule has 1 amide bonds. The van der Waals surface area contributed by atoms with E-state index in [9.17, 15) is 4.79 Å². The van der Waals surface area contributed by atoms with Crippen LogP contribution in [0.25, 0.3) is 0 Å². The molecular formula is C7H13NO2. The normalized spacial score (nSPS) is 32.2. The summed E-state index contributed by atoms with van der Waals surface area (Å²) in [5, 5.41) is 2.85. The van der Waals surface area contributed by atoms with Crippen molar-refractivity contribution in [2.75, 3.05) is 13.2 Å². The molecule has 0 aromatic carbocycles. The fraction of sp³-hybridized carbons (Fsp3) is 0.857. The second-order valence-electron chi connectivity index (χ2n) is 3.04. The predicted octanol–water partition coefficient (Wildman–Crippen LogP) is 0.302. The van der Waals surface area contributed by atoms with Crippen LogP contribution >= 0.6 is 0 Å². The van der Waals surface area contributed by atoms with Gasteiger partial charge in [-0.3, -0.25) is 4.79 Å². The van der Waals surface area contributed by atoms with Crippen molar-refractivity contribution in [1.29, 1.82) is 0 Å².